The molecule has 19 heavy (non-hydrogen) atoms. The lowest BCUT2D eigenvalue weighted by atomic mass is 9.81. The highest BCUT2D eigenvalue weighted by Gasteiger charge is 2.33. The predicted molar refractivity (Wildman–Crippen MR) is 80.1 cm³/mol. The average molecular weight is 263 g/mol. The van der Waals surface area contributed by atoms with Crippen molar-refractivity contribution in [2.75, 3.05) is 13.1 Å². The van der Waals surface area contributed by atoms with Crippen LogP contribution in [-0.4, -0.2) is 22.9 Å². The zero-order chi connectivity index (χ0) is 13.7. The summed E-state index contributed by atoms with van der Waals surface area (Å²) in [5.74, 6) is 0.746. The van der Waals surface area contributed by atoms with Gasteiger partial charge in [0.25, 0.3) is 0 Å². The molecule has 0 saturated heterocycles. The molecule has 1 heterocycles. The first-order chi connectivity index (χ1) is 9.11. The number of nitrogens with one attached hydrogen (secondary N) is 1. The molecule has 0 unspecified atom stereocenters. The fourth-order valence-electron chi connectivity index (χ4n) is 3.31. The molecule has 1 N–H and O–H groups in total. The van der Waals surface area contributed by atoms with Crippen LogP contribution in [0.1, 0.15) is 51.6 Å². The zero-order valence-corrected chi connectivity index (χ0v) is 12.8. The van der Waals surface area contributed by atoms with Crippen molar-refractivity contribution in [1.82, 2.24) is 15.1 Å². The maximum absolute atomic E-state index is 4.27. The highest BCUT2D eigenvalue weighted by Crippen LogP contribution is 2.41. The molecular formula is C16H29N3. The first-order valence-electron chi connectivity index (χ1n) is 7.79. The van der Waals surface area contributed by atoms with E-state index < -0.39 is 0 Å². The van der Waals surface area contributed by atoms with Gasteiger partial charge in [0.05, 0.1) is 0 Å². The minimum Gasteiger partial charge on any atom is -0.316 e. The van der Waals surface area contributed by atoms with Crippen LogP contribution in [0.15, 0.2) is 12.3 Å². The largest absolute Gasteiger partial charge is 0.316 e. The van der Waals surface area contributed by atoms with Gasteiger partial charge in [0.2, 0.25) is 0 Å². The molecule has 1 aromatic rings. The number of nitrogens with zero attached hydrogens (tertiary/aromatic N) is 2. The summed E-state index contributed by atoms with van der Waals surface area (Å²) in [7, 11) is 2.05. The van der Waals surface area contributed by atoms with Crippen LogP contribution in [0.3, 0.4) is 0 Å². The molecule has 1 aliphatic carbocycles. The third kappa shape index (κ3) is 4.07. The van der Waals surface area contributed by atoms with Crippen molar-refractivity contribution in [3.05, 3.63) is 18.0 Å². The topological polar surface area (TPSA) is 29.9 Å². The van der Waals surface area contributed by atoms with Crippen molar-refractivity contribution in [2.45, 2.75) is 52.4 Å². The van der Waals surface area contributed by atoms with Crippen LogP contribution in [-0.2, 0) is 13.5 Å². The highest BCUT2D eigenvalue weighted by molar-refractivity contribution is 5.02. The Kier molecular flexibility index (Phi) is 5.03. The summed E-state index contributed by atoms with van der Waals surface area (Å²) in [4.78, 5) is 0. The smallest absolute Gasteiger partial charge is 0.0492 e. The van der Waals surface area contributed by atoms with E-state index in [1.165, 1.54) is 50.8 Å². The molecule has 0 aliphatic heterocycles. The summed E-state index contributed by atoms with van der Waals surface area (Å²) in [6.07, 6.45) is 10.0. The summed E-state index contributed by atoms with van der Waals surface area (Å²) in [5, 5.41) is 7.96. The molecule has 1 saturated carbocycles. The van der Waals surface area contributed by atoms with Crippen LogP contribution < -0.4 is 5.32 Å². The normalized spacial score (nSPS) is 18.3. The Morgan fingerprint density at radius 2 is 2.11 bits per heavy atom. The Labute approximate surface area is 117 Å². The van der Waals surface area contributed by atoms with E-state index in [2.05, 4.69) is 30.3 Å². The second kappa shape index (κ2) is 6.56. The van der Waals surface area contributed by atoms with Crippen LogP contribution in [0.4, 0.5) is 0 Å². The molecule has 0 spiro atoms. The molecular weight excluding hydrogens is 234 g/mol. The van der Waals surface area contributed by atoms with Gasteiger partial charge >= 0.3 is 0 Å². The molecule has 0 amide bonds. The van der Waals surface area contributed by atoms with Gasteiger partial charge in [-0.15, -0.1) is 0 Å². The summed E-state index contributed by atoms with van der Waals surface area (Å²) < 4.78 is 2.02. The first kappa shape index (κ1) is 14.6. The van der Waals surface area contributed by atoms with Gasteiger partial charge in [0.1, 0.15) is 0 Å². The molecule has 1 aliphatic rings. The average Bonchev–Trinajstić information content (AvgIpc) is 2.96. The molecule has 2 rings (SSSR count). The second-order valence-corrected chi connectivity index (χ2v) is 6.68. The number of aromatic nitrogens is 2. The van der Waals surface area contributed by atoms with Crippen LogP contribution in [0, 0.1) is 11.3 Å². The Hall–Kier alpha value is -0.830. The van der Waals surface area contributed by atoms with Gasteiger partial charge in [0, 0.05) is 25.5 Å². The zero-order valence-electron chi connectivity index (χ0n) is 12.8. The van der Waals surface area contributed by atoms with Crippen molar-refractivity contribution in [2.24, 2.45) is 18.4 Å². The predicted octanol–water partition coefficient (Wildman–Crippen LogP) is 3.16. The molecule has 108 valence electrons. The minimum atomic E-state index is 0.541. The van der Waals surface area contributed by atoms with Crippen LogP contribution in [0.2, 0.25) is 0 Å². The standard InChI is InChI=1S/C16H29N3/c1-14(2)12-17-13-16(8-4-5-9-16)10-6-15-7-11-18-19(15)3/h7,11,14,17H,4-6,8-10,12-13H2,1-3H3. The van der Waals surface area contributed by atoms with Gasteiger partial charge in [0.15, 0.2) is 0 Å². The van der Waals surface area contributed by atoms with Gasteiger partial charge in [-0.25, -0.2) is 0 Å². The Bertz CT molecular complexity index is 375. The third-order valence-corrected chi connectivity index (χ3v) is 4.55. The minimum absolute atomic E-state index is 0.541. The van der Waals surface area contributed by atoms with Gasteiger partial charge in [-0.3, -0.25) is 4.68 Å². The maximum atomic E-state index is 4.27. The van der Waals surface area contributed by atoms with Crippen molar-refractivity contribution >= 4 is 0 Å². The number of rotatable bonds is 7. The van der Waals surface area contributed by atoms with Crippen molar-refractivity contribution in [3.8, 4) is 0 Å². The summed E-state index contributed by atoms with van der Waals surface area (Å²) >= 11 is 0. The van der Waals surface area contributed by atoms with E-state index in [-0.39, 0.29) is 0 Å². The van der Waals surface area contributed by atoms with Gasteiger partial charge in [-0.1, -0.05) is 26.7 Å². The van der Waals surface area contributed by atoms with Crippen LogP contribution >= 0.6 is 0 Å². The lowest BCUT2D eigenvalue weighted by Crippen LogP contribution is -2.34. The Balaban J connectivity index is 1.86. The van der Waals surface area contributed by atoms with Gasteiger partial charge < -0.3 is 5.32 Å². The van der Waals surface area contributed by atoms with E-state index in [4.69, 9.17) is 0 Å². The molecule has 1 fully saturated rings. The fourth-order valence-corrected chi connectivity index (χ4v) is 3.31. The fraction of sp³-hybridized carbons (Fsp3) is 0.812. The van der Waals surface area contributed by atoms with Crippen molar-refractivity contribution in [1.29, 1.82) is 0 Å². The van der Waals surface area contributed by atoms with Crippen molar-refractivity contribution in [3.63, 3.8) is 0 Å². The first-order valence-corrected chi connectivity index (χ1v) is 7.79. The molecule has 1 aromatic heterocycles. The second-order valence-electron chi connectivity index (χ2n) is 6.68. The summed E-state index contributed by atoms with van der Waals surface area (Å²) in [5.41, 5.74) is 1.91. The van der Waals surface area contributed by atoms with E-state index in [0.29, 0.717) is 5.41 Å². The lowest BCUT2D eigenvalue weighted by Gasteiger charge is -2.30. The SMILES string of the molecule is CC(C)CNCC1(CCc2ccnn2C)CCCC1. The quantitative estimate of drug-likeness (QED) is 0.819. The molecule has 0 bridgehead atoms. The van der Waals surface area contributed by atoms with Gasteiger partial charge in [-0.05, 0) is 49.6 Å². The van der Waals surface area contributed by atoms with E-state index in [9.17, 15) is 0 Å². The highest BCUT2D eigenvalue weighted by atomic mass is 15.2. The molecule has 0 radical (unpaired) electrons. The Morgan fingerprint density at radius 3 is 2.68 bits per heavy atom. The van der Waals surface area contributed by atoms with E-state index >= 15 is 0 Å². The number of hydrogen-bond acceptors (Lipinski definition) is 2. The summed E-state index contributed by atoms with van der Waals surface area (Å²) in [6, 6.07) is 2.16. The molecule has 0 aromatic carbocycles. The van der Waals surface area contributed by atoms with Crippen molar-refractivity contribution < 1.29 is 0 Å². The van der Waals surface area contributed by atoms with E-state index in [1.807, 2.05) is 17.9 Å². The van der Waals surface area contributed by atoms with E-state index in [1.54, 1.807) is 0 Å². The molecule has 0 atom stereocenters. The Morgan fingerprint density at radius 1 is 1.37 bits per heavy atom. The van der Waals surface area contributed by atoms with Crippen LogP contribution in [0.5, 0.6) is 0 Å². The number of aryl methyl sites for hydroxylation is 2. The van der Waals surface area contributed by atoms with Gasteiger partial charge in [-0.2, -0.15) is 5.10 Å². The molecule has 3 heteroatoms. The summed E-state index contributed by atoms with van der Waals surface area (Å²) in [6.45, 7) is 6.91. The number of hydrogen-bond donors (Lipinski definition) is 1. The van der Waals surface area contributed by atoms with E-state index in [0.717, 1.165) is 12.5 Å². The third-order valence-electron chi connectivity index (χ3n) is 4.55. The van der Waals surface area contributed by atoms with Crippen LogP contribution in [0.25, 0.3) is 0 Å². The maximum Gasteiger partial charge on any atom is 0.0492 e. The lowest BCUT2D eigenvalue weighted by molar-refractivity contribution is 0.252. The monoisotopic (exact) mass is 263 g/mol. The molecule has 3 nitrogen and oxygen atoms in total.